The molecule has 0 bridgehead atoms. The molecule has 0 amide bonds. The third-order valence-electron chi connectivity index (χ3n) is 2.62. The van der Waals surface area contributed by atoms with Crippen molar-refractivity contribution in [2.24, 2.45) is 0 Å². The van der Waals surface area contributed by atoms with Gasteiger partial charge in [0.15, 0.2) is 0 Å². The second-order valence-corrected chi connectivity index (χ2v) is 4.21. The lowest BCUT2D eigenvalue weighted by Gasteiger charge is -2.08. The molecule has 1 aromatic heterocycles. The van der Waals surface area contributed by atoms with Crippen LogP contribution >= 0.6 is 0 Å². The van der Waals surface area contributed by atoms with Gasteiger partial charge >= 0.3 is 5.69 Å². The van der Waals surface area contributed by atoms with E-state index in [1.165, 1.54) is 6.33 Å². The van der Waals surface area contributed by atoms with Gasteiger partial charge in [-0.3, -0.25) is 10.1 Å². The standard InChI is InChI=1S/C13H15N5O3/c1-2-7-21-10-5-3-9(4-6-10)17-13-11(18(19)20)12(14)15-8-16-13/h3-6,8H,2,7H2,1H3,(H3,14,15,16,17). The van der Waals surface area contributed by atoms with Crippen molar-refractivity contribution in [2.75, 3.05) is 17.7 Å². The summed E-state index contributed by atoms with van der Waals surface area (Å²) in [5, 5.41) is 13.8. The normalized spacial score (nSPS) is 10.1. The number of nitrogens with two attached hydrogens (primary N) is 1. The first-order chi connectivity index (χ1) is 10.1. The monoisotopic (exact) mass is 289 g/mol. The van der Waals surface area contributed by atoms with Crippen LogP contribution in [-0.4, -0.2) is 21.5 Å². The molecule has 0 aliphatic heterocycles. The van der Waals surface area contributed by atoms with Crippen LogP contribution in [0.15, 0.2) is 30.6 Å². The average molecular weight is 289 g/mol. The fourth-order valence-electron chi connectivity index (χ4n) is 1.65. The molecule has 1 aromatic carbocycles. The van der Waals surface area contributed by atoms with Crippen LogP contribution in [0.5, 0.6) is 5.75 Å². The Morgan fingerprint density at radius 1 is 1.33 bits per heavy atom. The van der Waals surface area contributed by atoms with Gasteiger partial charge in [0.25, 0.3) is 0 Å². The summed E-state index contributed by atoms with van der Waals surface area (Å²) in [6.45, 7) is 2.66. The van der Waals surface area contributed by atoms with Gasteiger partial charge in [0.1, 0.15) is 12.1 Å². The zero-order chi connectivity index (χ0) is 15.2. The molecule has 8 heteroatoms. The minimum Gasteiger partial charge on any atom is -0.494 e. The van der Waals surface area contributed by atoms with E-state index in [1.807, 2.05) is 6.92 Å². The van der Waals surface area contributed by atoms with Gasteiger partial charge < -0.3 is 15.8 Å². The van der Waals surface area contributed by atoms with Crippen molar-refractivity contribution in [3.63, 3.8) is 0 Å². The smallest absolute Gasteiger partial charge is 0.353 e. The summed E-state index contributed by atoms with van der Waals surface area (Å²) in [7, 11) is 0. The van der Waals surface area contributed by atoms with E-state index in [4.69, 9.17) is 10.5 Å². The van der Waals surface area contributed by atoms with Gasteiger partial charge in [0.05, 0.1) is 11.5 Å². The molecule has 2 aromatic rings. The highest BCUT2D eigenvalue weighted by atomic mass is 16.6. The van der Waals surface area contributed by atoms with Crippen LogP contribution in [0.4, 0.5) is 23.0 Å². The first kappa shape index (κ1) is 14.5. The van der Waals surface area contributed by atoms with Gasteiger partial charge in [-0.2, -0.15) is 0 Å². The summed E-state index contributed by atoms with van der Waals surface area (Å²) >= 11 is 0. The molecule has 1 heterocycles. The molecule has 0 fully saturated rings. The second-order valence-electron chi connectivity index (χ2n) is 4.21. The van der Waals surface area contributed by atoms with E-state index >= 15 is 0 Å². The maximum absolute atomic E-state index is 11.0. The summed E-state index contributed by atoms with van der Waals surface area (Å²) < 4.78 is 5.46. The first-order valence-corrected chi connectivity index (χ1v) is 6.36. The maximum atomic E-state index is 11.0. The zero-order valence-electron chi connectivity index (χ0n) is 11.4. The van der Waals surface area contributed by atoms with E-state index in [0.717, 1.165) is 12.2 Å². The minimum atomic E-state index is -0.615. The van der Waals surface area contributed by atoms with Crippen LogP contribution in [0, 0.1) is 10.1 Å². The Morgan fingerprint density at radius 3 is 2.67 bits per heavy atom. The summed E-state index contributed by atoms with van der Waals surface area (Å²) in [6.07, 6.45) is 2.09. The second kappa shape index (κ2) is 6.51. The molecule has 8 nitrogen and oxygen atoms in total. The Hall–Kier alpha value is -2.90. The number of aromatic nitrogens is 2. The molecule has 0 saturated heterocycles. The Bertz CT molecular complexity index is 630. The number of hydrogen-bond acceptors (Lipinski definition) is 7. The largest absolute Gasteiger partial charge is 0.494 e. The number of hydrogen-bond donors (Lipinski definition) is 2. The Labute approximate surface area is 121 Å². The molecule has 0 unspecified atom stereocenters. The van der Waals surface area contributed by atoms with Crippen molar-refractivity contribution >= 4 is 23.0 Å². The summed E-state index contributed by atoms with van der Waals surface area (Å²) in [5.41, 5.74) is 5.80. The number of ether oxygens (including phenoxy) is 1. The van der Waals surface area contributed by atoms with E-state index in [2.05, 4.69) is 15.3 Å². The van der Waals surface area contributed by atoms with Crippen molar-refractivity contribution in [1.29, 1.82) is 0 Å². The fourth-order valence-corrected chi connectivity index (χ4v) is 1.65. The molecular weight excluding hydrogens is 274 g/mol. The van der Waals surface area contributed by atoms with Crippen LogP contribution in [-0.2, 0) is 0 Å². The number of benzene rings is 1. The summed E-state index contributed by atoms with van der Waals surface area (Å²) in [4.78, 5) is 17.8. The molecule has 0 saturated carbocycles. The average Bonchev–Trinajstić information content (AvgIpc) is 2.46. The van der Waals surface area contributed by atoms with Crippen LogP contribution in [0.1, 0.15) is 13.3 Å². The van der Waals surface area contributed by atoms with Crippen molar-refractivity contribution in [2.45, 2.75) is 13.3 Å². The van der Waals surface area contributed by atoms with Gasteiger partial charge in [0, 0.05) is 5.69 Å². The third-order valence-corrected chi connectivity index (χ3v) is 2.62. The molecule has 0 aliphatic rings. The highest BCUT2D eigenvalue weighted by Crippen LogP contribution is 2.29. The number of nitrogens with one attached hydrogen (secondary N) is 1. The zero-order valence-corrected chi connectivity index (χ0v) is 11.4. The molecule has 2 rings (SSSR count). The number of anilines is 3. The lowest BCUT2D eigenvalue weighted by Crippen LogP contribution is -2.05. The number of nitrogens with zero attached hydrogens (tertiary/aromatic N) is 3. The molecule has 21 heavy (non-hydrogen) atoms. The maximum Gasteiger partial charge on any atom is 0.353 e. The topological polar surface area (TPSA) is 116 Å². The van der Waals surface area contributed by atoms with Crippen molar-refractivity contribution in [1.82, 2.24) is 9.97 Å². The Balaban J connectivity index is 2.19. The van der Waals surface area contributed by atoms with E-state index < -0.39 is 4.92 Å². The first-order valence-electron chi connectivity index (χ1n) is 6.36. The van der Waals surface area contributed by atoms with E-state index in [9.17, 15) is 10.1 Å². The molecule has 0 aliphatic carbocycles. The van der Waals surface area contributed by atoms with Crippen molar-refractivity contribution in [3.8, 4) is 5.75 Å². The minimum absolute atomic E-state index is 0.0507. The highest BCUT2D eigenvalue weighted by Gasteiger charge is 2.20. The molecule has 0 atom stereocenters. The van der Waals surface area contributed by atoms with Crippen LogP contribution < -0.4 is 15.8 Å². The summed E-state index contributed by atoms with van der Waals surface area (Å²) in [6, 6.07) is 7.03. The lowest BCUT2D eigenvalue weighted by molar-refractivity contribution is -0.383. The fraction of sp³-hybridized carbons (Fsp3) is 0.231. The Kier molecular flexibility index (Phi) is 4.50. The predicted molar refractivity (Wildman–Crippen MR) is 78.6 cm³/mol. The quantitative estimate of drug-likeness (QED) is 0.619. The predicted octanol–water partition coefficient (Wildman–Crippen LogP) is 2.50. The van der Waals surface area contributed by atoms with Crippen molar-refractivity contribution < 1.29 is 9.66 Å². The lowest BCUT2D eigenvalue weighted by atomic mass is 10.3. The number of rotatable bonds is 6. The van der Waals surface area contributed by atoms with Gasteiger partial charge in [-0.15, -0.1) is 0 Å². The summed E-state index contributed by atoms with van der Waals surface area (Å²) in [5.74, 6) is 0.606. The molecule has 110 valence electrons. The van der Waals surface area contributed by atoms with Gasteiger partial charge in [0.2, 0.25) is 11.6 Å². The molecule has 0 spiro atoms. The van der Waals surface area contributed by atoms with Gasteiger partial charge in [-0.25, -0.2) is 9.97 Å². The van der Waals surface area contributed by atoms with Gasteiger partial charge in [-0.1, -0.05) is 6.92 Å². The molecular formula is C13H15N5O3. The third kappa shape index (κ3) is 3.56. The number of nitro groups is 1. The van der Waals surface area contributed by atoms with Crippen LogP contribution in [0.3, 0.4) is 0 Å². The van der Waals surface area contributed by atoms with E-state index in [-0.39, 0.29) is 17.3 Å². The van der Waals surface area contributed by atoms with Crippen molar-refractivity contribution in [3.05, 3.63) is 40.7 Å². The van der Waals surface area contributed by atoms with Crippen LogP contribution in [0.25, 0.3) is 0 Å². The molecule has 3 N–H and O–H groups in total. The molecule has 0 radical (unpaired) electrons. The Morgan fingerprint density at radius 2 is 2.05 bits per heavy atom. The van der Waals surface area contributed by atoms with E-state index in [1.54, 1.807) is 24.3 Å². The van der Waals surface area contributed by atoms with Gasteiger partial charge in [-0.05, 0) is 30.7 Å². The number of nitrogen functional groups attached to an aromatic ring is 1. The van der Waals surface area contributed by atoms with E-state index in [0.29, 0.717) is 12.3 Å². The van der Waals surface area contributed by atoms with Crippen LogP contribution in [0.2, 0.25) is 0 Å². The highest BCUT2D eigenvalue weighted by molar-refractivity contribution is 5.72. The SMILES string of the molecule is CCCOc1ccc(Nc2ncnc(N)c2[N+](=O)[O-])cc1.